The molecule has 0 fully saturated rings. The van der Waals surface area contributed by atoms with Crippen LogP contribution < -0.4 is 26.0 Å². The molecule has 2 heterocycles. The lowest BCUT2D eigenvalue weighted by Gasteiger charge is -2.43. The number of ether oxygens (including phenoxy) is 1. The maximum atomic E-state index is 15.3. The summed E-state index contributed by atoms with van der Waals surface area (Å²) in [7, 11) is 0. The van der Waals surface area contributed by atoms with Crippen LogP contribution in [0.25, 0.3) is 11.1 Å². The minimum absolute atomic E-state index is 0.0201. The number of alkyl halides is 6. The lowest BCUT2D eigenvalue weighted by molar-refractivity contribution is -0.137. The molecule has 0 atom stereocenters. The normalized spacial score (nSPS) is 14.6. The largest absolute Gasteiger partial charge is 0.458 e. The Labute approximate surface area is 285 Å². The van der Waals surface area contributed by atoms with Crippen LogP contribution in [0.4, 0.5) is 43.4 Å². The number of anilines is 3. The van der Waals surface area contributed by atoms with Gasteiger partial charge in [0.15, 0.2) is 0 Å². The van der Waals surface area contributed by atoms with Gasteiger partial charge in [-0.05, 0) is 63.4 Å². The van der Waals surface area contributed by atoms with Crippen LogP contribution in [0.15, 0.2) is 133 Å². The molecule has 0 amide bonds. The first-order chi connectivity index (χ1) is 23.9. The van der Waals surface area contributed by atoms with E-state index in [1.165, 1.54) is 24.3 Å². The van der Waals surface area contributed by atoms with Gasteiger partial charge in [0.05, 0.1) is 28.2 Å². The lowest BCUT2D eigenvalue weighted by Crippen LogP contribution is -2.57. The second kappa shape index (κ2) is 11.3. The summed E-state index contributed by atoms with van der Waals surface area (Å²) in [5.41, 5.74) is 0.766. The predicted molar refractivity (Wildman–Crippen MR) is 186 cm³/mol. The summed E-state index contributed by atoms with van der Waals surface area (Å²) in [5.74, 6) is 0.758. The van der Waals surface area contributed by atoms with Crippen LogP contribution in [-0.2, 0) is 17.8 Å². The number of halogens is 6. The zero-order chi connectivity index (χ0) is 35.0. The van der Waals surface area contributed by atoms with Crippen molar-refractivity contribution in [3.8, 4) is 22.6 Å². The predicted octanol–water partition coefficient (Wildman–Crippen LogP) is 10.1. The summed E-state index contributed by atoms with van der Waals surface area (Å²) in [6, 6.07) is 35.7. The third-order valence-corrected chi connectivity index (χ3v) is 9.87. The number of fused-ring (bicyclic) bond motifs is 4. The lowest BCUT2D eigenvalue weighted by atomic mass is 9.34. The fraction of sp³-hybridized carbons (Fsp3) is 0.122. The van der Waals surface area contributed by atoms with Crippen molar-refractivity contribution in [1.29, 1.82) is 0 Å². The molecule has 0 N–H and O–H groups in total. The van der Waals surface area contributed by atoms with E-state index in [0.717, 1.165) is 23.3 Å². The molecule has 6 aromatic rings. The van der Waals surface area contributed by atoms with Crippen molar-refractivity contribution in [2.24, 2.45) is 0 Å². The molecule has 2 aliphatic heterocycles. The van der Waals surface area contributed by atoms with Crippen molar-refractivity contribution >= 4 is 40.2 Å². The van der Waals surface area contributed by atoms with Gasteiger partial charge in [-0.1, -0.05) is 117 Å². The molecule has 0 aromatic heterocycles. The summed E-state index contributed by atoms with van der Waals surface area (Å²) in [4.78, 5) is 1.57. The molecule has 8 rings (SSSR count). The van der Waals surface area contributed by atoms with Crippen molar-refractivity contribution < 1.29 is 31.1 Å². The number of hydrogen-bond donors (Lipinski definition) is 0. The van der Waals surface area contributed by atoms with Gasteiger partial charge in [-0.2, -0.15) is 26.3 Å². The van der Waals surface area contributed by atoms with Gasteiger partial charge in [-0.15, -0.1) is 0 Å². The second-order valence-electron chi connectivity index (χ2n) is 13.1. The maximum Gasteiger partial charge on any atom is 0.418 e. The highest BCUT2D eigenvalue weighted by Crippen LogP contribution is 2.55. The standard InChI is InChI=1S/C41H28BF6NO/c1-39(2)27-15-3-7-21-33(27)49(34-22-8-4-16-28(34)39)38-26(14-12-18-30(38)41(46,47)48)25-13-11-17-29(40(43,44)45)37(25)42-31-19-5-9-23-35(31)50-36-24-10-6-20-32(36)42/h3-24H,1-2H3. The third-order valence-electron chi connectivity index (χ3n) is 9.87. The molecule has 2 aliphatic rings. The highest BCUT2D eigenvalue weighted by molar-refractivity contribution is 6.98. The van der Waals surface area contributed by atoms with Crippen molar-refractivity contribution in [1.82, 2.24) is 0 Å². The van der Waals surface area contributed by atoms with Crippen LogP contribution >= 0.6 is 0 Å². The number of hydrogen-bond acceptors (Lipinski definition) is 2. The minimum Gasteiger partial charge on any atom is -0.458 e. The van der Waals surface area contributed by atoms with Crippen molar-refractivity contribution in [3.05, 3.63) is 156 Å². The van der Waals surface area contributed by atoms with Crippen molar-refractivity contribution in [2.45, 2.75) is 31.6 Å². The Morgan fingerprint density at radius 2 is 0.980 bits per heavy atom. The van der Waals surface area contributed by atoms with Gasteiger partial charge in [-0.3, -0.25) is 0 Å². The first-order valence-corrected chi connectivity index (χ1v) is 16.1. The second-order valence-corrected chi connectivity index (χ2v) is 13.1. The Morgan fingerprint density at radius 3 is 1.52 bits per heavy atom. The molecule has 50 heavy (non-hydrogen) atoms. The zero-order valence-corrected chi connectivity index (χ0v) is 26.9. The van der Waals surface area contributed by atoms with Crippen molar-refractivity contribution in [3.63, 3.8) is 0 Å². The molecule has 6 aromatic carbocycles. The number of rotatable bonds is 3. The van der Waals surface area contributed by atoms with Gasteiger partial charge >= 0.3 is 12.4 Å². The summed E-state index contributed by atoms with van der Waals surface area (Å²) in [5, 5.41) is 0. The van der Waals surface area contributed by atoms with Crippen LogP contribution in [0.2, 0.25) is 0 Å². The number of nitrogens with zero attached hydrogens (tertiary/aromatic N) is 1. The van der Waals surface area contributed by atoms with Crippen LogP contribution in [0, 0.1) is 0 Å². The summed E-state index contributed by atoms with van der Waals surface area (Å²) < 4.78 is 97.7. The smallest absolute Gasteiger partial charge is 0.418 e. The van der Waals surface area contributed by atoms with Crippen LogP contribution in [0.3, 0.4) is 0 Å². The fourth-order valence-electron chi connectivity index (χ4n) is 7.72. The van der Waals surface area contributed by atoms with E-state index in [2.05, 4.69) is 0 Å². The molecular weight excluding hydrogens is 647 g/mol. The molecule has 0 saturated carbocycles. The van der Waals surface area contributed by atoms with Crippen molar-refractivity contribution in [2.75, 3.05) is 4.90 Å². The number of benzene rings is 6. The van der Waals surface area contributed by atoms with Gasteiger partial charge in [0, 0.05) is 11.0 Å². The summed E-state index contributed by atoms with van der Waals surface area (Å²) in [6.45, 7) is 3.03. The van der Waals surface area contributed by atoms with Gasteiger partial charge in [0.25, 0.3) is 6.71 Å². The van der Waals surface area contributed by atoms with E-state index in [4.69, 9.17) is 4.74 Å². The summed E-state index contributed by atoms with van der Waals surface area (Å²) in [6.07, 6.45) is -9.68. The van der Waals surface area contributed by atoms with E-state index in [1.54, 1.807) is 77.7 Å². The van der Waals surface area contributed by atoms with Gasteiger partial charge in [0.1, 0.15) is 11.5 Å². The first-order valence-electron chi connectivity index (χ1n) is 16.1. The molecule has 0 unspecified atom stereocenters. The maximum absolute atomic E-state index is 15.3. The first kappa shape index (κ1) is 31.8. The van der Waals surface area contributed by atoms with Gasteiger partial charge in [-0.25, -0.2) is 0 Å². The molecule has 2 nitrogen and oxygen atoms in total. The Bertz CT molecular complexity index is 2200. The molecule has 9 heteroatoms. The van der Waals surface area contributed by atoms with E-state index in [9.17, 15) is 0 Å². The highest BCUT2D eigenvalue weighted by Gasteiger charge is 2.45. The quantitative estimate of drug-likeness (QED) is 0.137. The van der Waals surface area contributed by atoms with Crippen LogP contribution in [-0.4, -0.2) is 6.71 Å². The molecule has 0 saturated heterocycles. The summed E-state index contributed by atoms with van der Waals surface area (Å²) >= 11 is 0. The van der Waals surface area contributed by atoms with E-state index in [-0.39, 0.29) is 22.3 Å². The third kappa shape index (κ3) is 4.90. The molecule has 0 radical (unpaired) electrons. The van der Waals surface area contributed by atoms with Gasteiger partial charge < -0.3 is 9.64 Å². The Hall–Kier alpha value is -5.44. The van der Waals surface area contributed by atoms with Crippen LogP contribution in [0.5, 0.6) is 11.5 Å². The SMILES string of the molecule is CC1(C)c2ccccc2N(c2c(-c3cccc(C(F)(F)F)c3B3c4ccccc4Oc4ccccc43)cccc2C(F)(F)F)c2ccccc21. The van der Waals surface area contributed by atoms with Crippen LogP contribution in [0.1, 0.15) is 36.1 Å². The molecule has 0 spiro atoms. The zero-order valence-electron chi connectivity index (χ0n) is 26.9. The molecule has 0 aliphatic carbocycles. The molecular formula is C41H28BF6NO. The Kier molecular flexibility index (Phi) is 7.19. The van der Waals surface area contributed by atoms with Gasteiger partial charge in [0.2, 0.25) is 0 Å². The number of para-hydroxylation sites is 5. The molecule has 0 bridgehead atoms. The minimum atomic E-state index is -4.85. The van der Waals surface area contributed by atoms with E-state index in [0.29, 0.717) is 33.8 Å². The monoisotopic (exact) mass is 675 g/mol. The Morgan fingerprint density at radius 1 is 0.520 bits per heavy atom. The average molecular weight is 675 g/mol. The van der Waals surface area contributed by atoms with E-state index >= 15 is 26.3 Å². The average Bonchev–Trinajstić information content (AvgIpc) is 3.10. The van der Waals surface area contributed by atoms with E-state index < -0.39 is 35.6 Å². The topological polar surface area (TPSA) is 12.5 Å². The molecule has 248 valence electrons. The van der Waals surface area contributed by atoms with E-state index in [1.807, 2.05) is 38.1 Å². The Balaban J connectivity index is 1.51. The highest BCUT2D eigenvalue weighted by atomic mass is 19.4. The fourth-order valence-corrected chi connectivity index (χ4v) is 7.72.